The average molecular weight is 399 g/mol. The molecule has 1 fully saturated rings. The summed E-state index contributed by atoms with van der Waals surface area (Å²) in [5, 5.41) is 5.56. The summed E-state index contributed by atoms with van der Waals surface area (Å²) in [6.07, 6.45) is 11.6. The molecule has 0 atom stereocenters. The Labute approximate surface area is 171 Å². The van der Waals surface area contributed by atoms with Crippen LogP contribution in [0.3, 0.4) is 0 Å². The van der Waals surface area contributed by atoms with Crippen LogP contribution in [-0.2, 0) is 13.1 Å². The van der Waals surface area contributed by atoms with Crippen molar-refractivity contribution in [2.75, 3.05) is 0 Å². The standard InChI is InChI=1S/C24H28ClFN2/c25-23-14-20(26)13-12-18(23)16-28-17-19(22-10-6-7-11-24(22)28)15-27-21-8-4-2-1-3-5-9-21/h6-7,10-14,17,21,27H,1-5,8-9,15-16H2. The van der Waals surface area contributed by atoms with E-state index in [4.69, 9.17) is 11.6 Å². The average Bonchev–Trinajstić information content (AvgIpc) is 3.01. The van der Waals surface area contributed by atoms with Crippen molar-refractivity contribution in [2.45, 2.75) is 64.1 Å². The van der Waals surface area contributed by atoms with E-state index in [-0.39, 0.29) is 5.82 Å². The summed E-state index contributed by atoms with van der Waals surface area (Å²) in [5.41, 5.74) is 3.44. The molecule has 148 valence electrons. The lowest BCUT2D eigenvalue weighted by molar-refractivity contribution is 0.389. The number of benzene rings is 2. The van der Waals surface area contributed by atoms with Crippen LogP contribution in [0.2, 0.25) is 5.02 Å². The Morgan fingerprint density at radius 1 is 0.964 bits per heavy atom. The number of hydrogen-bond donors (Lipinski definition) is 1. The molecule has 4 rings (SSSR count). The molecule has 2 nitrogen and oxygen atoms in total. The third kappa shape index (κ3) is 4.59. The second kappa shape index (κ2) is 9.11. The fraction of sp³-hybridized carbons (Fsp3) is 0.417. The molecular formula is C24H28ClFN2. The quantitative estimate of drug-likeness (QED) is 0.506. The monoisotopic (exact) mass is 398 g/mol. The zero-order valence-electron chi connectivity index (χ0n) is 16.3. The molecule has 0 spiro atoms. The van der Waals surface area contributed by atoms with E-state index in [0.717, 1.165) is 12.1 Å². The Balaban J connectivity index is 1.54. The summed E-state index contributed by atoms with van der Waals surface area (Å²) < 4.78 is 15.6. The predicted molar refractivity (Wildman–Crippen MR) is 115 cm³/mol. The van der Waals surface area contributed by atoms with Gasteiger partial charge < -0.3 is 9.88 Å². The maximum absolute atomic E-state index is 13.4. The Morgan fingerprint density at radius 2 is 1.71 bits per heavy atom. The number of halogens is 2. The molecular weight excluding hydrogens is 371 g/mol. The van der Waals surface area contributed by atoms with Crippen molar-refractivity contribution in [1.82, 2.24) is 9.88 Å². The van der Waals surface area contributed by atoms with E-state index in [0.29, 0.717) is 17.6 Å². The lowest BCUT2D eigenvalue weighted by Crippen LogP contribution is -2.29. The molecule has 0 unspecified atom stereocenters. The van der Waals surface area contributed by atoms with Gasteiger partial charge in [-0.25, -0.2) is 4.39 Å². The molecule has 1 N–H and O–H groups in total. The third-order valence-corrected chi connectivity index (χ3v) is 6.27. The van der Waals surface area contributed by atoms with Crippen LogP contribution < -0.4 is 5.32 Å². The van der Waals surface area contributed by atoms with Crippen LogP contribution in [0.5, 0.6) is 0 Å². The van der Waals surface area contributed by atoms with Crippen LogP contribution in [0.25, 0.3) is 10.9 Å². The lowest BCUT2D eigenvalue weighted by atomic mass is 9.96. The van der Waals surface area contributed by atoms with Gasteiger partial charge in [0.2, 0.25) is 0 Å². The second-order valence-corrected chi connectivity index (χ2v) is 8.37. The first-order chi connectivity index (χ1) is 13.7. The number of fused-ring (bicyclic) bond motifs is 1. The Hall–Kier alpha value is -1.84. The largest absolute Gasteiger partial charge is 0.343 e. The first-order valence-corrected chi connectivity index (χ1v) is 10.8. The summed E-state index contributed by atoms with van der Waals surface area (Å²) in [5.74, 6) is -0.296. The van der Waals surface area contributed by atoms with Gasteiger partial charge in [0.15, 0.2) is 0 Å². The van der Waals surface area contributed by atoms with Gasteiger partial charge in [-0.2, -0.15) is 0 Å². The van der Waals surface area contributed by atoms with Crippen molar-refractivity contribution in [2.24, 2.45) is 0 Å². The molecule has 0 amide bonds. The Bertz CT molecular complexity index is 925. The van der Waals surface area contributed by atoms with E-state index in [1.807, 2.05) is 0 Å². The van der Waals surface area contributed by atoms with Gasteiger partial charge in [-0.3, -0.25) is 0 Å². The van der Waals surface area contributed by atoms with Crippen molar-refractivity contribution in [3.05, 3.63) is 70.6 Å². The third-order valence-electron chi connectivity index (χ3n) is 5.91. The molecule has 1 aliphatic rings. The highest BCUT2D eigenvalue weighted by atomic mass is 35.5. The molecule has 3 aromatic rings. The minimum atomic E-state index is -0.296. The molecule has 1 aromatic heterocycles. The summed E-state index contributed by atoms with van der Waals surface area (Å²) in [7, 11) is 0. The molecule has 4 heteroatoms. The molecule has 0 aliphatic heterocycles. The predicted octanol–water partition coefficient (Wildman–Crippen LogP) is 6.68. The van der Waals surface area contributed by atoms with Gasteiger partial charge in [0.1, 0.15) is 5.82 Å². The number of nitrogens with one attached hydrogen (secondary N) is 1. The fourth-order valence-corrected chi connectivity index (χ4v) is 4.57. The van der Waals surface area contributed by atoms with E-state index >= 15 is 0 Å². The van der Waals surface area contributed by atoms with E-state index in [1.165, 1.54) is 73.5 Å². The second-order valence-electron chi connectivity index (χ2n) is 7.96. The topological polar surface area (TPSA) is 17.0 Å². The lowest BCUT2D eigenvalue weighted by Gasteiger charge is -2.21. The SMILES string of the molecule is Fc1ccc(Cn2cc(CNC3CCCCCCC3)c3ccccc32)c(Cl)c1. The molecule has 2 aromatic carbocycles. The van der Waals surface area contributed by atoms with E-state index in [9.17, 15) is 4.39 Å². The van der Waals surface area contributed by atoms with Crippen LogP contribution in [0.4, 0.5) is 4.39 Å². The van der Waals surface area contributed by atoms with Gasteiger partial charge in [-0.15, -0.1) is 0 Å². The van der Waals surface area contributed by atoms with Crippen molar-refractivity contribution >= 4 is 22.5 Å². The molecule has 1 saturated carbocycles. The first-order valence-electron chi connectivity index (χ1n) is 10.4. The highest BCUT2D eigenvalue weighted by Crippen LogP contribution is 2.26. The number of rotatable bonds is 5. The van der Waals surface area contributed by atoms with Crippen molar-refractivity contribution < 1.29 is 4.39 Å². The summed E-state index contributed by atoms with van der Waals surface area (Å²) >= 11 is 6.26. The molecule has 1 aliphatic carbocycles. The normalized spacial score (nSPS) is 16.2. The van der Waals surface area contributed by atoms with Gasteiger partial charge in [-0.1, -0.05) is 68.0 Å². The smallest absolute Gasteiger partial charge is 0.124 e. The first kappa shape index (κ1) is 19.5. The highest BCUT2D eigenvalue weighted by molar-refractivity contribution is 6.31. The van der Waals surface area contributed by atoms with Crippen molar-refractivity contribution in [1.29, 1.82) is 0 Å². The highest BCUT2D eigenvalue weighted by Gasteiger charge is 2.14. The number of para-hydroxylation sites is 1. The van der Waals surface area contributed by atoms with E-state index < -0.39 is 0 Å². The van der Waals surface area contributed by atoms with Gasteiger partial charge in [0.05, 0.1) is 0 Å². The van der Waals surface area contributed by atoms with Crippen molar-refractivity contribution in [3.8, 4) is 0 Å². The summed E-state index contributed by atoms with van der Waals surface area (Å²) in [4.78, 5) is 0. The van der Waals surface area contributed by atoms with Crippen LogP contribution in [-0.4, -0.2) is 10.6 Å². The van der Waals surface area contributed by atoms with Crippen molar-refractivity contribution in [3.63, 3.8) is 0 Å². The zero-order valence-corrected chi connectivity index (χ0v) is 17.0. The maximum Gasteiger partial charge on any atom is 0.124 e. The fourth-order valence-electron chi connectivity index (χ4n) is 4.34. The molecule has 1 heterocycles. The van der Waals surface area contributed by atoms with Crippen LogP contribution >= 0.6 is 11.6 Å². The van der Waals surface area contributed by atoms with Gasteiger partial charge >= 0.3 is 0 Å². The summed E-state index contributed by atoms with van der Waals surface area (Å²) in [6, 6.07) is 13.8. The number of nitrogens with zero attached hydrogens (tertiary/aromatic N) is 1. The van der Waals surface area contributed by atoms with E-state index in [2.05, 4.69) is 40.3 Å². The molecule has 28 heavy (non-hydrogen) atoms. The van der Waals surface area contributed by atoms with Gasteiger partial charge in [0.25, 0.3) is 0 Å². The Kier molecular flexibility index (Phi) is 6.33. The zero-order chi connectivity index (χ0) is 19.3. The minimum absolute atomic E-state index is 0.296. The number of hydrogen-bond acceptors (Lipinski definition) is 1. The Morgan fingerprint density at radius 3 is 2.50 bits per heavy atom. The summed E-state index contributed by atoms with van der Waals surface area (Å²) in [6.45, 7) is 1.53. The maximum atomic E-state index is 13.4. The van der Waals surface area contributed by atoms with E-state index in [1.54, 1.807) is 6.07 Å². The van der Waals surface area contributed by atoms with Gasteiger partial charge in [0, 0.05) is 41.3 Å². The molecule has 0 bridgehead atoms. The minimum Gasteiger partial charge on any atom is -0.343 e. The molecule has 0 saturated heterocycles. The molecule has 0 radical (unpaired) electrons. The van der Waals surface area contributed by atoms with Crippen LogP contribution in [0.1, 0.15) is 56.1 Å². The van der Waals surface area contributed by atoms with Gasteiger partial charge in [-0.05, 0) is 42.2 Å². The number of aromatic nitrogens is 1. The van der Waals surface area contributed by atoms with Crippen LogP contribution in [0.15, 0.2) is 48.7 Å². The van der Waals surface area contributed by atoms with Crippen LogP contribution in [0, 0.1) is 5.82 Å².